The van der Waals surface area contributed by atoms with Crippen molar-refractivity contribution in [2.24, 2.45) is 0 Å². The summed E-state index contributed by atoms with van der Waals surface area (Å²) in [7, 11) is 1.59. The Morgan fingerprint density at radius 2 is 1.74 bits per heavy atom. The van der Waals surface area contributed by atoms with Gasteiger partial charge >= 0.3 is 0 Å². The Morgan fingerprint density at radius 3 is 2.45 bits per heavy atom. The third kappa shape index (κ3) is 4.71. The van der Waals surface area contributed by atoms with Gasteiger partial charge in [-0.2, -0.15) is 0 Å². The molecule has 1 unspecified atom stereocenters. The van der Waals surface area contributed by atoms with Crippen molar-refractivity contribution in [3.05, 3.63) is 97.8 Å². The Morgan fingerprint density at radius 1 is 0.947 bits per heavy atom. The molecule has 38 heavy (non-hydrogen) atoms. The van der Waals surface area contributed by atoms with Gasteiger partial charge in [0.15, 0.2) is 16.9 Å². The smallest absolute Gasteiger partial charge is 0.295 e. The molecule has 0 spiro atoms. The molecule has 0 N–H and O–H groups in total. The monoisotopic (exact) mass is 575 g/mol. The van der Waals surface area contributed by atoms with Crippen LogP contribution in [0.15, 0.2) is 74.3 Å². The van der Waals surface area contributed by atoms with Crippen LogP contribution in [0.3, 0.4) is 0 Å². The molecular weight excluding hydrogens is 546 g/mol. The number of aryl methyl sites for hydroxylation is 1. The highest BCUT2D eigenvalue weighted by Crippen LogP contribution is 2.43. The van der Waals surface area contributed by atoms with Gasteiger partial charge in [-0.3, -0.25) is 14.5 Å². The first-order valence-electron chi connectivity index (χ1n) is 13.0. The number of nitrogens with zero attached hydrogens (tertiary/aromatic N) is 1. The second-order valence-corrected chi connectivity index (χ2v) is 10.3. The van der Waals surface area contributed by atoms with Gasteiger partial charge in [-0.15, -0.1) is 0 Å². The standard InChI is InChI=1S/C31H30BrNO5/c1-4-6-7-16-37-25-14-10-20(17-26(25)36-3)28-27-29(34)23-18-21(32)11-15-24(23)38-30(27)31(35)33(28)22-12-8-19(5-2)9-13-22/h8-15,17-18,28H,4-7,16H2,1-3H3. The summed E-state index contributed by atoms with van der Waals surface area (Å²) in [6.45, 7) is 4.82. The van der Waals surface area contributed by atoms with Gasteiger partial charge in [0.25, 0.3) is 5.91 Å². The molecule has 1 aromatic heterocycles. The van der Waals surface area contributed by atoms with Crippen LogP contribution in [0.4, 0.5) is 5.69 Å². The number of methoxy groups -OCH3 is 1. The van der Waals surface area contributed by atoms with Crippen molar-refractivity contribution in [1.82, 2.24) is 0 Å². The molecule has 0 radical (unpaired) electrons. The molecule has 7 heteroatoms. The highest BCUT2D eigenvalue weighted by Gasteiger charge is 2.44. The summed E-state index contributed by atoms with van der Waals surface area (Å²) in [4.78, 5) is 29.4. The summed E-state index contributed by atoms with van der Waals surface area (Å²) in [5.74, 6) is 0.891. The van der Waals surface area contributed by atoms with Gasteiger partial charge in [0, 0.05) is 10.2 Å². The average Bonchev–Trinajstić information content (AvgIpc) is 3.23. The van der Waals surface area contributed by atoms with Crippen LogP contribution in [-0.4, -0.2) is 19.6 Å². The Labute approximate surface area is 230 Å². The van der Waals surface area contributed by atoms with Gasteiger partial charge in [-0.05, 0) is 66.4 Å². The lowest BCUT2D eigenvalue weighted by atomic mass is 9.97. The fourth-order valence-electron chi connectivity index (χ4n) is 4.93. The maximum Gasteiger partial charge on any atom is 0.295 e. The van der Waals surface area contributed by atoms with Crippen LogP contribution in [0.1, 0.15) is 66.4 Å². The number of fused-ring (bicyclic) bond motifs is 2. The summed E-state index contributed by atoms with van der Waals surface area (Å²) >= 11 is 3.45. The number of carbonyl (C=O) groups excluding carboxylic acids is 1. The molecule has 196 valence electrons. The third-order valence-electron chi connectivity index (χ3n) is 6.96. The fraction of sp³-hybridized carbons (Fsp3) is 0.290. The number of ether oxygens (including phenoxy) is 2. The highest BCUT2D eigenvalue weighted by atomic mass is 79.9. The quantitative estimate of drug-likeness (QED) is 0.194. The Kier molecular flexibility index (Phi) is 7.56. The summed E-state index contributed by atoms with van der Waals surface area (Å²) in [6.07, 6.45) is 4.04. The van der Waals surface area contributed by atoms with E-state index in [1.54, 1.807) is 30.2 Å². The third-order valence-corrected chi connectivity index (χ3v) is 7.46. The summed E-state index contributed by atoms with van der Waals surface area (Å²) in [6, 6.07) is 18.0. The Bertz CT molecular complexity index is 1540. The van der Waals surface area contributed by atoms with Crippen LogP contribution in [-0.2, 0) is 6.42 Å². The second kappa shape index (κ2) is 11.0. The van der Waals surface area contributed by atoms with Crippen LogP contribution >= 0.6 is 15.9 Å². The molecule has 1 atom stereocenters. The van der Waals surface area contributed by atoms with Crippen LogP contribution in [0, 0.1) is 0 Å². The van der Waals surface area contributed by atoms with Crippen molar-refractivity contribution in [2.45, 2.75) is 45.6 Å². The SMILES string of the molecule is CCCCCOc1ccc(C2c3c(oc4ccc(Br)cc4c3=O)C(=O)N2c2ccc(CC)cc2)cc1OC. The molecule has 0 bridgehead atoms. The van der Waals surface area contributed by atoms with E-state index in [-0.39, 0.29) is 17.1 Å². The van der Waals surface area contributed by atoms with Crippen LogP contribution in [0.5, 0.6) is 11.5 Å². The van der Waals surface area contributed by atoms with Crippen molar-refractivity contribution < 1.29 is 18.7 Å². The molecule has 0 fully saturated rings. The molecule has 0 aliphatic carbocycles. The van der Waals surface area contributed by atoms with E-state index in [0.29, 0.717) is 40.3 Å². The van der Waals surface area contributed by atoms with Crippen molar-refractivity contribution in [3.8, 4) is 11.5 Å². The molecule has 5 rings (SSSR count). The maximum atomic E-state index is 13.9. The molecule has 0 saturated carbocycles. The number of benzene rings is 3. The van der Waals surface area contributed by atoms with Crippen LogP contribution < -0.4 is 19.8 Å². The van der Waals surface area contributed by atoms with Gasteiger partial charge in [0.1, 0.15) is 5.58 Å². The summed E-state index contributed by atoms with van der Waals surface area (Å²) in [5.41, 5.74) is 3.04. The number of anilines is 1. The number of halogens is 1. The molecule has 1 amide bonds. The topological polar surface area (TPSA) is 69.0 Å². The van der Waals surface area contributed by atoms with Crippen LogP contribution in [0.25, 0.3) is 11.0 Å². The van der Waals surface area contributed by atoms with E-state index in [1.165, 1.54) is 0 Å². The van der Waals surface area contributed by atoms with E-state index < -0.39 is 6.04 Å². The number of hydrogen-bond donors (Lipinski definition) is 0. The zero-order valence-electron chi connectivity index (χ0n) is 21.8. The van der Waals surface area contributed by atoms with E-state index in [2.05, 4.69) is 29.8 Å². The number of amides is 1. The Balaban J connectivity index is 1.66. The van der Waals surface area contributed by atoms with Crippen LogP contribution in [0.2, 0.25) is 0 Å². The van der Waals surface area contributed by atoms with Gasteiger partial charge in [-0.1, -0.05) is 60.8 Å². The fourth-order valence-corrected chi connectivity index (χ4v) is 5.29. The van der Waals surface area contributed by atoms with Crippen molar-refractivity contribution in [3.63, 3.8) is 0 Å². The lowest BCUT2D eigenvalue weighted by molar-refractivity contribution is 0.0971. The van der Waals surface area contributed by atoms with Gasteiger partial charge in [0.2, 0.25) is 5.76 Å². The number of unbranched alkanes of at least 4 members (excludes halogenated alkanes) is 2. The first-order valence-corrected chi connectivity index (χ1v) is 13.8. The van der Waals surface area contributed by atoms with E-state index in [9.17, 15) is 9.59 Å². The van der Waals surface area contributed by atoms with Gasteiger partial charge in [-0.25, -0.2) is 0 Å². The molecule has 4 aromatic rings. The van der Waals surface area contributed by atoms with E-state index in [0.717, 1.165) is 41.3 Å². The molecule has 1 aliphatic heterocycles. The zero-order valence-corrected chi connectivity index (χ0v) is 23.3. The molecule has 6 nitrogen and oxygen atoms in total. The number of rotatable bonds is 9. The summed E-state index contributed by atoms with van der Waals surface area (Å²) in [5, 5.41) is 0.418. The maximum absolute atomic E-state index is 13.9. The molecule has 2 heterocycles. The van der Waals surface area contributed by atoms with E-state index >= 15 is 0 Å². The number of hydrogen-bond acceptors (Lipinski definition) is 5. The van der Waals surface area contributed by atoms with E-state index in [1.807, 2.05) is 42.5 Å². The van der Waals surface area contributed by atoms with Gasteiger partial charge in [0.05, 0.1) is 30.7 Å². The van der Waals surface area contributed by atoms with Crippen molar-refractivity contribution in [2.75, 3.05) is 18.6 Å². The highest BCUT2D eigenvalue weighted by molar-refractivity contribution is 9.10. The predicted octanol–water partition coefficient (Wildman–Crippen LogP) is 7.45. The summed E-state index contributed by atoms with van der Waals surface area (Å²) < 4.78 is 18.5. The lowest BCUT2D eigenvalue weighted by Crippen LogP contribution is -2.29. The molecule has 0 saturated heterocycles. The molecular formula is C31H30BrNO5. The molecule has 3 aromatic carbocycles. The van der Waals surface area contributed by atoms with Crippen molar-refractivity contribution in [1.29, 1.82) is 0 Å². The second-order valence-electron chi connectivity index (χ2n) is 9.38. The average molecular weight is 576 g/mol. The normalized spacial score (nSPS) is 14.7. The Hall–Kier alpha value is -3.58. The largest absolute Gasteiger partial charge is 0.493 e. The van der Waals surface area contributed by atoms with Gasteiger partial charge < -0.3 is 13.9 Å². The minimum atomic E-state index is -0.687. The molecule has 1 aliphatic rings. The number of carbonyl (C=O) groups is 1. The lowest BCUT2D eigenvalue weighted by Gasteiger charge is -2.26. The minimum absolute atomic E-state index is 0.0632. The van der Waals surface area contributed by atoms with E-state index in [4.69, 9.17) is 13.9 Å². The first kappa shape index (κ1) is 26.0. The first-order chi connectivity index (χ1) is 18.5. The minimum Gasteiger partial charge on any atom is -0.493 e. The van der Waals surface area contributed by atoms with Crippen molar-refractivity contribution >= 4 is 38.5 Å². The predicted molar refractivity (Wildman–Crippen MR) is 153 cm³/mol. The zero-order chi connectivity index (χ0) is 26.8.